The first-order valence-corrected chi connectivity index (χ1v) is 5.17. The lowest BCUT2D eigenvalue weighted by Gasteiger charge is -2.22. The largest absolute Gasteiger partial charge is 0.415 e. The fourth-order valence-electron chi connectivity index (χ4n) is 1.30. The van der Waals surface area contributed by atoms with E-state index in [-0.39, 0.29) is 11.4 Å². The van der Waals surface area contributed by atoms with Crippen LogP contribution in [0.4, 0.5) is 17.6 Å². The zero-order chi connectivity index (χ0) is 14.3. The van der Waals surface area contributed by atoms with Crippen LogP contribution >= 0.6 is 0 Å². The van der Waals surface area contributed by atoms with E-state index in [1.54, 1.807) is 0 Å². The van der Waals surface area contributed by atoms with Gasteiger partial charge in [-0.15, -0.1) is 0 Å². The Hall–Kier alpha value is -1.96. The van der Waals surface area contributed by atoms with Gasteiger partial charge in [0.25, 0.3) is 5.89 Å². The van der Waals surface area contributed by atoms with Gasteiger partial charge in [0.05, 0.1) is 0 Å². The summed E-state index contributed by atoms with van der Waals surface area (Å²) in [6.45, 7) is 0.718. The van der Waals surface area contributed by atoms with E-state index >= 15 is 0 Å². The summed E-state index contributed by atoms with van der Waals surface area (Å²) >= 11 is 0. The third-order valence-corrected chi connectivity index (χ3v) is 2.54. The molecule has 1 aromatic heterocycles. The first-order valence-electron chi connectivity index (χ1n) is 5.17. The molecule has 0 aliphatic rings. The Labute approximate surface area is 105 Å². The van der Waals surface area contributed by atoms with Gasteiger partial charge in [0.2, 0.25) is 5.82 Å². The van der Waals surface area contributed by atoms with Crippen molar-refractivity contribution in [3.63, 3.8) is 0 Å². The molecule has 2 aromatic rings. The van der Waals surface area contributed by atoms with Crippen molar-refractivity contribution in [3.05, 3.63) is 36.0 Å². The second-order valence-electron chi connectivity index (χ2n) is 4.13. The summed E-state index contributed by atoms with van der Waals surface area (Å²) in [5.74, 6) is -1.50. The van der Waals surface area contributed by atoms with Crippen LogP contribution in [0.25, 0.3) is 11.4 Å². The third-order valence-electron chi connectivity index (χ3n) is 2.54. The van der Waals surface area contributed by atoms with Crippen LogP contribution in [0.5, 0.6) is 0 Å². The Morgan fingerprint density at radius 1 is 1.26 bits per heavy atom. The van der Waals surface area contributed by atoms with Crippen LogP contribution in [-0.2, 0) is 5.54 Å². The topological polar surface area (TPSA) is 64.9 Å². The second-order valence-corrected chi connectivity index (χ2v) is 4.13. The Kier molecular flexibility index (Phi) is 3.05. The van der Waals surface area contributed by atoms with Gasteiger partial charge in [0, 0.05) is 5.56 Å². The molecule has 1 unspecified atom stereocenters. The van der Waals surface area contributed by atoms with E-state index < -0.39 is 23.4 Å². The molecule has 0 radical (unpaired) electrons. The predicted molar refractivity (Wildman–Crippen MR) is 57.3 cm³/mol. The van der Waals surface area contributed by atoms with Crippen molar-refractivity contribution < 1.29 is 22.1 Å². The lowest BCUT2D eigenvalue weighted by atomic mass is 10.0. The van der Waals surface area contributed by atoms with Crippen LogP contribution in [0, 0.1) is 5.82 Å². The molecule has 4 nitrogen and oxygen atoms in total. The zero-order valence-electron chi connectivity index (χ0n) is 9.70. The molecule has 8 heteroatoms. The van der Waals surface area contributed by atoms with E-state index in [9.17, 15) is 17.6 Å². The maximum atomic E-state index is 13.0. The number of halogens is 4. The van der Waals surface area contributed by atoms with Crippen molar-refractivity contribution in [2.45, 2.75) is 18.6 Å². The van der Waals surface area contributed by atoms with Crippen LogP contribution < -0.4 is 5.73 Å². The summed E-state index contributed by atoms with van der Waals surface area (Å²) in [4.78, 5) is 3.57. The average Bonchev–Trinajstić information content (AvgIpc) is 2.77. The number of alkyl halides is 3. The third kappa shape index (κ3) is 2.43. The number of hydrogen-bond donors (Lipinski definition) is 1. The normalized spacial score (nSPS) is 15.3. The predicted octanol–water partition coefficient (Wildman–Crippen LogP) is 2.61. The van der Waals surface area contributed by atoms with Crippen molar-refractivity contribution in [2.24, 2.45) is 5.73 Å². The summed E-state index contributed by atoms with van der Waals surface area (Å²) in [5.41, 5.74) is 2.58. The summed E-state index contributed by atoms with van der Waals surface area (Å²) < 4.78 is 55.6. The molecule has 0 saturated heterocycles. The van der Waals surface area contributed by atoms with E-state index in [0.717, 1.165) is 13.0 Å². The Balaban J connectivity index is 2.40. The van der Waals surface area contributed by atoms with Crippen LogP contribution in [-0.4, -0.2) is 16.3 Å². The minimum Gasteiger partial charge on any atom is -0.337 e. The summed E-state index contributed by atoms with van der Waals surface area (Å²) in [5, 5.41) is 3.37. The summed E-state index contributed by atoms with van der Waals surface area (Å²) in [6, 6.07) is 5.09. The summed E-state index contributed by atoms with van der Waals surface area (Å²) in [6.07, 6.45) is -4.74. The second kappa shape index (κ2) is 4.30. The van der Waals surface area contributed by atoms with E-state index in [0.29, 0.717) is 0 Å². The molecule has 0 spiro atoms. The van der Waals surface area contributed by atoms with Crippen molar-refractivity contribution in [3.8, 4) is 11.4 Å². The maximum Gasteiger partial charge on any atom is 0.415 e. The van der Waals surface area contributed by atoms with Gasteiger partial charge in [-0.2, -0.15) is 18.2 Å². The number of nitrogens with zero attached hydrogens (tertiary/aromatic N) is 2. The van der Waals surface area contributed by atoms with Crippen molar-refractivity contribution in [1.29, 1.82) is 0 Å². The Bertz CT molecular complexity index is 592. The number of aromatic nitrogens is 2. The first-order chi connectivity index (χ1) is 8.72. The molecule has 0 bridgehead atoms. The molecule has 0 aliphatic carbocycles. The van der Waals surface area contributed by atoms with E-state index in [4.69, 9.17) is 5.73 Å². The van der Waals surface area contributed by atoms with Crippen LogP contribution in [0.3, 0.4) is 0 Å². The Morgan fingerprint density at radius 2 is 1.95 bits per heavy atom. The highest BCUT2D eigenvalue weighted by Gasteiger charge is 2.53. The van der Waals surface area contributed by atoms with E-state index in [1.807, 2.05) is 0 Å². The van der Waals surface area contributed by atoms with Gasteiger partial charge >= 0.3 is 6.18 Å². The van der Waals surface area contributed by atoms with Crippen LogP contribution in [0.15, 0.2) is 28.8 Å². The Morgan fingerprint density at radius 3 is 2.53 bits per heavy atom. The quantitative estimate of drug-likeness (QED) is 0.855. The monoisotopic (exact) mass is 275 g/mol. The highest BCUT2D eigenvalue weighted by atomic mass is 19.4. The number of rotatable bonds is 2. The molecule has 19 heavy (non-hydrogen) atoms. The average molecular weight is 275 g/mol. The van der Waals surface area contributed by atoms with Crippen LogP contribution in [0.1, 0.15) is 12.8 Å². The van der Waals surface area contributed by atoms with E-state index in [2.05, 4.69) is 14.7 Å². The van der Waals surface area contributed by atoms with Gasteiger partial charge in [-0.25, -0.2) is 4.39 Å². The molecule has 2 N–H and O–H groups in total. The molecule has 0 saturated carbocycles. The number of nitrogens with two attached hydrogens (primary N) is 1. The molecular formula is C11H9F4N3O. The van der Waals surface area contributed by atoms with Gasteiger partial charge < -0.3 is 10.3 Å². The molecule has 1 heterocycles. The highest BCUT2D eigenvalue weighted by molar-refractivity contribution is 5.54. The molecule has 2 rings (SSSR count). The molecule has 0 aliphatic heterocycles. The highest BCUT2D eigenvalue weighted by Crippen LogP contribution is 2.36. The summed E-state index contributed by atoms with van der Waals surface area (Å²) in [7, 11) is 0. The van der Waals surface area contributed by atoms with Crippen molar-refractivity contribution in [1.82, 2.24) is 10.1 Å². The first kappa shape index (κ1) is 13.5. The van der Waals surface area contributed by atoms with Gasteiger partial charge in [0.1, 0.15) is 5.82 Å². The van der Waals surface area contributed by atoms with Crippen molar-refractivity contribution in [2.75, 3.05) is 0 Å². The van der Waals surface area contributed by atoms with Gasteiger partial charge in [-0.3, -0.25) is 0 Å². The molecule has 0 amide bonds. The molecule has 102 valence electrons. The van der Waals surface area contributed by atoms with Gasteiger partial charge in [-0.05, 0) is 19.1 Å². The minimum atomic E-state index is -4.74. The number of benzene rings is 1. The van der Waals surface area contributed by atoms with Crippen LogP contribution in [0.2, 0.25) is 0 Å². The standard InChI is InChI=1S/C11H9F4N3O/c1-10(16,11(13,14)15)9-17-8(18-19-9)6-3-2-4-7(12)5-6/h2-5H,16H2,1H3. The maximum absolute atomic E-state index is 13.0. The number of hydrogen-bond acceptors (Lipinski definition) is 4. The fourth-order valence-corrected chi connectivity index (χ4v) is 1.30. The SMILES string of the molecule is CC(N)(c1nc(-c2cccc(F)c2)no1)C(F)(F)F. The van der Waals surface area contributed by atoms with E-state index in [1.165, 1.54) is 18.2 Å². The van der Waals surface area contributed by atoms with Gasteiger partial charge in [-0.1, -0.05) is 17.3 Å². The molecular weight excluding hydrogens is 266 g/mol. The van der Waals surface area contributed by atoms with Gasteiger partial charge in [0.15, 0.2) is 5.54 Å². The lowest BCUT2D eigenvalue weighted by Crippen LogP contribution is -2.47. The minimum absolute atomic E-state index is 0.157. The zero-order valence-corrected chi connectivity index (χ0v) is 9.70. The molecule has 1 atom stereocenters. The molecule has 1 aromatic carbocycles. The van der Waals surface area contributed by atoms with Crippen molar-refractivity contribution >= 4 is 0 Å². The smallest absolute Gasteiger partial charge is 0.337 e. The lowest BCUT2D eigenvalue weighted by molar-refractivity contribution is -0.190. The fraction of sp³-hybridized carbons (Fsp3) is 0.273. The molecule has 0 fully saturated rings.